The second kappa shape index (κ2) is 6.11. The van der Waals surface area contributed by atoms with E-state index < -0.39 is 0 Å². The molecule has 1 aromatic heterocycles. The molecule has 0 radical (unpaired) electrons. The molecule has 0 saturated heterocycles. The molecule has 1 saturated carbocycles. The van der Waals surface area contributed by atoms with Gasteiger partial charge in [0, 0.05) is 6.04 Å². The molecular weight excluding hydrogens is 289 g/mol. The van der Waals surface area contributed by atoms with Crippen LogP contribution in [0.4, 0.5) is 4.39 Å². The van der Waals surface area contributed by atoms with Gasteiger partial charge in [-0.15, -0.1) is 5.10 Å². The summed E-state index contributed by atoms with van der Waals surface area (Å²) in [5.74, 6) is -0.282. The molecule has 2 N–H and O–H groups in total. The molecule has 5 nitrogen and oxygen atoms in total. The first-order valence-corrected chi connectivity index (χ1v) is 7.98. The zero-order valence-electron chi connectivity index (χ0n) is 11.9. The lowest BCUT2D eigenvalue weighted by atomic mass is 10.1. The molecule has 3 rings (SSSR count). The van der Waals surface area contributed by atoms with Crippen LogP contribution in [0.5, 0.6) is 0 Å². The Labute approximate surface area is 127 Å². The van der Waals surface area contributed by atoms with Gasteiger partial charge in [-0.3, -0.25) is 0 Å². The summed E-state index contributed by atoms with van der Waals surface area (Å²) in [6, 6.07) is 5.06. The summed E-state index contributed by atoms with van der Waals surface area (Å²) < 4.78 is 16.0. The van der Waals surface area contributed by atoms with Crippen molar-refractivity contribution in [2.45, 2.75) is 54.7 Å². The number of aromatic nitrogens is 4. The van der Waals surface area contributed by atoms with Gasteiger partial charge in [-0.25, -0.2) is 9.07 Å². The number of hydrogen-bond acceptors (Lipinski definition) is 5. The SMILES string of the molecule is C[C@@H](N)c1cccc(F)c1Sc1nnnn1C1CCCC1. The van der Waals surface area contributed by atoms with E-state index in [4.69, 9.17) is 5.73 Å². The first-order chi connectivity index (χ1) is 10.2. The summed E-state index contributed by atoms with van der Waals surface area (Å²) >= 11 is 1.26. The van der Waals surface area contributed by atoms with Crippen LogP contribution < -0.4 is 5.73 Å². The van der Waals surface area contributed by atoms with Crippen molar-refractivity contribution < 1.29 is 4.39 Å². The molecule has 1 heterocycles. The molecule has 1 aliphatic rings. The van der Waals surface area contributed by atoms with Crippen LogP contribution in [-0.2, 0) is 0 Å². The smallest absolute Gasteiger partial charge is 0.214 e. The van der Waals surface area contributed by atoms with Gasteiger partial charge >= 0.3 is 0 Å². The minimum Gasteiger partial charge on any atom is -0.324 e. The lowest BCUT2D eigenvalue weighted by Crippen LogP contribution is -2.10. The first kappa shape index (κ1) is 14.5. The van der Waals surface area contributed by atoms with Gasteiger partial charge < -0.3 is 5.73 Å². The predicted molar refractivity (Wildman–Crippen MR) is 78.4 cm³/mol. The Hall–Kier alpha value is -1.47. The van der Waals surface area contributed by atoms with Crippen LogP contribution in [-0.4, -0.2) is 20.2 Å². The van der Waals surface area contributed by atoms with Crippen LogP contribution in [0.15, 0.2) is 28.3 Å². The van der Waals surface area contributed by atoms with Crippen LogP contribution >= 0.6 is 11.8 Å². The number of hydrogen-bond donors (Lipinski definition) is 1. The third-order valence-corrected chi connectivity index (χ3v) is 4.90. The number of rotatable bonds is 4. The highest BCUT2D eigenvalue weighted by Gasteiger charge is 2.23. The van der Waals surface area contributed by atoms with Crippen LogP contribution in [0.2, 0.25) is 0 Å². The van der Waals surface area contributed by atoms with Gasteiger partial charge in [-0.05, 0) is 53.6 Å². The van der Waals surface area contributed by atoms with E-state index in [-0.39, 0.29) is 11.9 Å². The molecule has 112 valence electrons. The second-order valence-electron chi connectivity index (χ2n) is 5.39. The van der Waals surface area contributed by atoms with E-state index in [2.05, 4.69) is 15.5 Å². The maximum absolute atomic E-state index is 14.2. The topological polar surface area (TPSA) is 69.6 Å². The number of nitrogens with zero attached hydrogens (tertiary/aromatic N) is 4. The summed E-state index contributed by atoms with van der Waals surface area (Å²) in [4.78, 5) is 0.515. The summed E-state index contributed by atoms with van der Waals surface area (Å²) in [7, 11) is 0. The normalized spacial score (nSPS) is 17.3. The third-order valence-electron chi connectivity index (χ3n) is 3.81. The Bertz CT molecular complexity index is 622. The van der Waals surface area contributed by atoms with E-state index in [9.17, 15) is 4.39 Å². The van der Waals surface area contributed by atoms with Gasteiger partial charge in [0.1, 0.15) is 5.82 Å². The Morgan fingerprint density at radius 3 is 2.86 bits per heavy atom. The highest BCUT2D eigenvalue weighted by atomic mass is 32.2. The fourth-order valence-corrected chi connectivity index (χ4v) is 3.79. The number of benzene rings is 1. The monoisotopic (exact) mass is 307 g/mol. The minimum atomic E-state index is -0.282. The molecule has 2 aromatic rings. The Balaban J connectivity index is 1.92. The average molecular weight is 307 g/mol. The van der Waals surface area contributed by atoms with Crippen molar-refractivity contribution in [2.24, 2.45) is 5.73 Å². The minimum absolute atomic E-state index is 0.237. The summed E-state index contributed by atoms with van der Waals surface area (Å²) in [5.41, 5.74) is 6.71. The van der Waals surface area contributed by atoms with Crippen LogP contribution in [0, 0.1) is 5.82 Å². The fourth-order valence-electron chi connectivity index (χ4n) is 2.71. The molecule has 0 amide bonds. The maximum atomic E-state index is 14.2. The van der Waals surface area contributed by atoms with E-state index >= 15 is 0 Å². The van der Waals surface area contributed by atoms with Crippen LogP contribution in [0.25, 0.3) is 0 Å². The Morgan fingerprint density at radius 2 is 2.14 bits per heavy atom. The molecule has 1 atom stereocenters. The van der Waals surface area contributed by atoms with Crippen LogP contribution in [0.3, 0.4) is 0 Å². The van der Waals surface area contributed by atoms with Crippen molar-refractivity contribution in [1.82, 2.24) is 20.2 Å². The molecule has 0 unspecified atom stereocenters. The number of nitrogens with two attached hydrogens (primary N) is 1. The first-order valence-electron chi connectivity index (χ1n) is 7.16. The predicted octanol–water partition coefficient (Wildman–Crippen LogP) is 3.10. The standard InChI is InChI=1S/C14H18FN5S/c1-9(16)11-7-4-8-12(15)13(11)21-14-17-18-19-20(14)10-5-2-3-6-10/h4,7-10H,2-3,5-6,16H2,1H3/t9-/m1/s1. The molecule has 1 fully saturated rings. The van der Waals surface area contributed by atoms with Crippen molar-refractivity contribution >= 4 is 11.8 Å². The van der Waals surface area contributed by atoms with Gasteiger partial charge in [-0.2, -0.15) is 0 Å². The lowest BCUT2D eigenvalue weighted by molar-refractivity contribution is 0.423. The molecule has 7 heteroatoms. The number of tetrazole rings is 1. The largest absolute Gasteiger partial charge is 0.324 e. The summed E-state index contributed by atoms with van der Waals surface area (Å²) in [6.07, 6.45) is 4.55. The zero-order chi connectivity index (χ0) is 14.8. The van der Waals surface area contributed by atoms with Crippen molar-refractivity contribution in [3.63, 3.8) is 0 Å². The van der Waals surface area contributed by atoms with Gasteiger partial charge in [0.05, 0.1) is 10.9 Å². The highest BCUT2D eigenvalue weighted by molar-refractivity contribution is 7.99. The van der Waals surface area contributed by atoms with E-state index in [0.29, 0.717) is 16.1 Å². The average Bonchev–Trinajstić information content (AvgIpc) is 3.11. The van der Waals surface area contributed by atoms with E-state index in [1.165, 1.54) is 30.7 Å². The van der Waals surface area contributed by atoms with Gasteiger partial charge in [0.2, 0.25) is 5.16 Å². The Kier molecular flexibility index (Phi) is 4.21. The molecule has 0 bridgehead atoms. The van der Waals surface area contributed by atoms with Crippen molar-refractivity contribution in [3.05, 3.63) is 29.6 Å². The summed E-state index contributed by atoms with van der Waals surface area (Å²) in [5, 5.41) is 12.5. The maximum Gasteiger partial charge on any atom is 0.214 e. The van der Waals surface area contributed by atoms with Crippen molar-refractivity contribution in [3.8, 4) is 0 Å². The molecule has 1 aliphatic carbocycles. The van der Waals surface area contributed by atoms with E-state index in [1.807, 2.05) is 17.7 Å². The molecule has 21 heavy (non-hydrogen) atoms. The zero-order valence-corrected chi connectivity index (χ0v) is 12.7. The second-order valence-corrected chi connectivity index (χ2v) is 6.37. The molecule has 1 aromatic carbocycles. The number of halogens is 1. The third kappa shape index (κ3) is 2.94. The van der Waals surface area contributed by atoms with Gasteiger partial charge in [0.25, 0.3) is 0 Å². The fraction of sp³-hybridized carbons (Fsp3) is 0.500. The lowest BCUT2D eigenvalue weighted by Gasteiger charge is -2.14. The van der Waals surface area contributed by atoms with Crippen molar-refractivity contribution in [1.29, 1.82) is 0 Å². The van der Waals surface area contributed by atoms with Crippen molar-refractivity contribution in [2.75, 3.05) is 0 Å². The quantitative estimate of drug-likeness (QED) is 0.940. The van der Waals surface area contributed by atoms with Gasteiger partial charge in [0.15, 0.2) is 0 Å². The van der Waals surface area contributed by atoms with E-state index in [1.54, 1.807) is 6.07 Å². The molecular formula is C14H18FN5S. The Morgan fingerprint density at radius 1 is 1.38 bits per heavy atom. The van der Waals surface area contributed by atoms with Gasteiger partial charge in [-0.1, -0.05) is 25.0 Å². The highest BCUT2D eigenvalue weighted by Crippen LogP contribution is 2.37. The summed E-state index contributed by atoms with van der Waals surface area (Å²) in [6.45, 7) is 1.85. The molecule has 0 aliphatic heterocycles. The van der Waals surface area contributed by atoms with Crippen LogP contribution in [0.1, 0.15) is 50.3 Å². The molecule has 0 spiro atoms. The van der Waals surface area contributed by atoms with E-state index in [0.717, 1.165) is 18.4 Å².